The number of nitrogens with one attached hydrogen (secondary N) is 1. The van der Waals surface area contributed by atoms with Crippen LogP contribution in [0.4, 0.5) is 5.69 Å². The van der Waals surface area contributed by atoms with Crippen LogP contribution in [-0.2, 0) is 0 Å². The van der Waals surface area contributed by atoms with Gasteiger partial charge in [-0.1, -0.05) is 30.1 Å². The van der Waals surface area contributed by atoms with Gasteiger partial charge in [0.2, 0.25) is 11.7 Å². The number of nitrogens with zero attached hydrogens (tertiary/aromatic N) is 2. The zero-order valence-corrected chi connectivity index (χ0v) is 11.4. The first kappa shape index (κ1) is 12.2. The number of rotatable bonds is 3. The summed E-state index contributed by atoms with van der Waals surface area (Å²) in [7, 11) is 0. The van der Waals surface area contributed by atoms with Crippen LogP contribution in [0.5, 0.6) is 0 Å². The summed E-state index contributed by atoms with van der Waals surface area (Å²) < 4.78 is 5.03. The summed E-state index contributed by atoms with van der Waals surface area (Å²) in [4.78, 5) is 4.27. The second-order valence-corrected chi connectivity index (χ2v) is 5.61. The normalized spacial score (nSPS) is 17.6. The summed E-state index contributed by atoms with van der Waals surface area (Å²) in [6.45, 7) is 4.10. The number of hydrogen-bond donors (Lipinski definition) is 1. The zero-order chi connectivity index (χ0) is 13.3. The molecule has 0 bridgehead atoms. The monoisotopic (exact) mass is 257 g/mol. The van der Waals surface area contributed by atoms with Gasteiger partial charge in [0.05, 0.1) is 0 Å². The van der Waals surface area contributed by atoms with Gasteiger partial charge in [-0.3, -0.25) is 0 Å². The second-order valence-electron chi connectivity index (χ2n) is 5.61. The van der Waals surface area contributed by atoms with Gasteiger partial charge in [0.1, 0.15) is 0 Å². The second kappa shape index (κ2) is 4.68. The molecular weight excluding hydrogens is 238 g/mol. The van der Waals surface area contributed by atoms with Gasteiger partial charge in [-0.15, -0.1) is 0 Å². The maximum absolute atomic E-state index is 5.03. The highest BCUT2D eigenvalue weighted by atomic mass is 16.5. The number of anilines is 1. The lowest BCUT2D eigenvalue weighted by Crippen LogP contribution is -2.30. The van der Waals surface area contributed by atoms with Gasteiger partial charge in [-0.2, -0.15) is 4.98 Å². The number of hydrogen-bond acceptors (Lipinski definition) is 4. The summed E-state index contributed by atoms with van der Waals surface area (Å²) in [6.07, 6.45) is 5.09. The fourth-order valence-electron chi connectivity index (χ4n) is 2.78. The number of aryl methyl sites for hydroxylation is 1. The number of benzene rings is 1. The van der Waals surface area contributed by atoms with Gasteiger partial charge in [-0.05, 0) is 31.9 Å². The molecule has 0 aliphatic heterocycles. The van der Waals surface area contributed by atoms with Gasteiger partial charge >= 0.3 is 0 Å². The third-order valence-electron chi connectivity index (χ3n) is 3.80. The number of aromatic nitrogens is 2. The summed E-state index contributed by atoms with van der Waals surface area (Å²) in [5, 5.41) is 7.61. The van der Waals surface area contributed by atoms with Crippen molar-refractivity contribution in [1.29, 1.82) is 0 Å². The largest absolute Gasteiger partial charge is 0.380 e. The molecule has 100 valence electrons. The molecule has 4 nitrogen and oxygen atoms in total. The van der Waals surface area contributed by atoms with Crippen molar-refractivity contribution in [2.45, 2.75) is 45.1 Å². The van der Waals surface area contributed by atoms with Crippen molar-refractivity contribution in [3.8, 4) is 11.4 Å². The molecule has 1 aliphatic rings. The Morgan fingerprint density at radius 1 is 1.26 bits per heavy atom. The van der Waals surface area contributed by atoms with E-state index >= 15 is 0 Å². The van der Waals surface area contributed by atoms with Crippen LogP contribution < -0.4 is 5.32 Å². The molecule has 1 saturated carbocycles. The minimum atomic E-state index is 0.228. The molecule has 1 N–H and O–H groups in total. The maximum Gasteiger partial charge on any atom is 0.223 e. The minimum Gasteiger partial charge on any atom is -0.380 e. The van der Waals surface area contributed by atoms with Crippen LogP contribution in [0, 0.1) is 6.92 Å². The van der Waals surface area contributed by atoms with E-state index in [1.165, 1.54) is 25.7 Å². The Labute approximate surface area is 113 Å². The first-order valence-electron chi connectivity index (χ1n) is 6.84. The highest BCUT2D eigenvalue weighted by Crippen LogP contribution is 2.33. The predicted octanol–water partition coefficient (Wildman–Crippen LogP) is 3.79. The summed E-state index contributed by atoms with van der Waals surface area (Å²) >= 11 is 0. The Morgan fingerprint density at radius 3 is 2.74 bits per heavy atom. The van der Waals surface area contributed by atoms with E-state index in [0.29, 0.717) is 11.7 Å². The Kier molecular flexibility index (Phi) is 3.01. The molecule has 0 radical (unpaired) electrons. The van der Waals surface area contributed by atoms with E-state index in [-0.39, 0.29) is 5.54 Å². The molecule has 0 spiro atoms. The van der Waals surface area contributed by atoms with Crippen molar-refractivity contribution in [1.82, 2.24) is 10.1 Å². The van der Waals surface area contributed by atoms with E-state index in [1.807, 2.05) is 12.1 Å². The standard InChI is InChI=1S/C15H19N3O/c1-11-16-14(18-19-11)12-6-5-7-13(10-12)17-15(2)8-3-4-9-15/h5-7,10,17H,3-4,8-9H2,1-2H3. The van der Waals surface area contributed by atoms with Gasteiger partial charge in [-0.25, -0.2) is 0 Å². The molecule has 0 saturated heterocycles. The topological polar surface area (TPSA) is 51.0 Å². The van der Waals surface area contributed by atoms with Crippen molar-refractivity contribution in [3.05, 3.63) is 30.2 Å². The quantitative estimate of drug-likeness (QED) is 0.908. The third-order valence-corrected chi connectivity index (χ3v) is 3.80. The maximum atomic E-state index is 5.03. The van der Waals surface area contributed by atoms with E-state index in [9.17, 15) is 0 Å². The lowest BCUT2D eigenvalue weighted by molar-refractivity contribution is 0.394. The molecule has 4 heteroatoms. The Hall–Kier alpha value is -1.84. The first-order chi connectivity index (χ1) is 9.15. The van der Waals surface area contributed by atoms with E-state index in [4.69, 9.17) is 4.52 Å². The Balaban J connectivity index is 1.83. The molecule has 1 heterocycles. The molecule has 0 amide bonds. The summed E-state index contributed by atoms with van der Waals surface area (Å²) in [6, 6.07) is 8.22. The Bertz CT molecular complexity index is 570. The molecule has 1 aromatic carbocycles. The summed E-state index contributed by atoms with van der Waals surface area (Å²) in [5.74, 6) is 1.24. The molecule has 1 fully saturated rings. The molecule has 2 aromatic rings. The van der Waals surface area contributed by atoms with Gasteiger partial charge in [0.15, 0.2) is 0 Å². The highest BCUT2D eigenvalue weighted by Gasteiger charge is 2.28. The average Bonchev–Trinajstić information content (AvgIpc) is 2.99. The van der Waals surface area contributed by atoms with Crippen molar-refractivity contribution < 1.29 is 4.52 Å². The van der Waals surface area contributed by atoms with E-state index in [2.05, 4.69) is 34.5 Å². The molecule has 1 aliphatic carbocycles. The predicted molar refractivity (Wildman–Crippen MR) is 75.0 cm³/mol. The smallest absolute Gasteiger partial charge is 0.223 e. The van der Waals surface area contributed by atoms with Gasteiger partial charge in [0.25, 0.3) is 0 Å². The van der Waals surface area contributed by atoms with Crippen molar-refractivity contribution in [2.75, 3.05) is 5.32 Å². The summed E-state index contributed by atoms with van der Waals surface area (Å²) in [5.41, 5.74) is 2.35. The van der Waals surface area contributed by atoms with Crippen LogP contribution in [0.15, 0.2) is 28.8 Å². The van der Waals surface area contributed by atoms with Crippen LogP contribution in [0.25, 0.3) is 11.4 Å². The van der Waals surface area contributed by atoms with Crippen LogP contribution in [0.3, 0.4) is 0 Å². The molecule has 1 aromatic heterocycles. The molecule has 0 atom stereocenters. The van der Waals surface area contributed by atoms with Crippen molar-refractivity contribution >= 4 is 5.69 Å². The molecule has 0 unspecified atom stereocenters. The molecule has 3 rings (SSSR count). The van der Waals surface area contributed by atoms with Crippen molar-refractivity contribution in [2.24, 2.45) is 0 Å². The SMILES string of the molecule is Cc1nc(-c2cccc(NC3(C)CCCC3)c2)no1. The van der Waals surface area contributed by atoms with Crippen LogP contribution >= 0.6 is 0 Å². The van der Waals surface area contributed by atoms with Crippen molar-refractivity contribution in [3.63, 3.8) is 0 Å². The lowest BCUT2D eigenvalue weighted by Gasteiger charge is -2.26. The Morgan fingerprint density at radius 2 is 2.05 bits per heavy atom. The van der Waals surface area contributed by atoms with Crippen LogP contribution in [0.2, 0.25) is 0 Å². The van der Waals surface area contributed by atoms with E-state index < -0.39 is 0 Å². The minimum absolute atomic E-state index is 0.228. The molecule has 19 heavy (non-hydrogen) atoms. The van der Waals surface area contributed by atoms with Crippen LogP contribution in [-0.4, -0.2) is 15.7 Å². The first-order valence-corrected chi connectivity index (χ1v) is 6.84. The fraction of sp³-hybridized carbons (Fsp3) is 0.467. The van der Waals surface area contributed by atoms with E-state index in [1.54, 1.807) is 6.92 Å². The molecular formula is C15H19N3O. The lowest BCUT2D eigenvalue weighted by atomic mass is 10.00. The zero-order valence-electron chi connectivity index (χ0n) is 11.4. The van der Waals surface area contributed by atoms with Crippen LogP contribution in [0.1, 0.15) is 38.5 Å². The van der Waals surface area contributed by atoms with E-state index in [0.717, 1.165) is 11.3 Å². The van der Waals surface area contributed by atoms with Gasteiger partial charge in [0, 0.05) is 23.7 Å². The third kappa shape index (κ3) is 2.62. The highest BCUT2D eigenvalue weighted by molar-refractivity contribution is 5.62. The average molecular weight is 257 g/mol. The van der Waals surface area contributed by atoms with Gasteiger partial charge < -0.3 is 9.84 Å². The fourth-order valence-corrected chi connectivity index (χ4v) is 2.78.